The number of nitrogen functional groups attached to an aromatic ring is 1. The first-order valence-electron chi connectivity index (χ1n) is 7.92. The highest BCUT2D eigenvalue weighted by Crippen LogP contribution is 2.22. The van der Waals surface area contributed by atoms with Gasteiger partial charge in [0.1, 0.15) is 18.2 Å². The number of benzene rings is 1. The third-order valence-electron chi connectivity index (χ3n) is 4.16. The van der Waals surface area contributed by atoms with Gasteiger partial charge in [0.15, 0.2) is 0 Å². The monoisotopic (exact) mass is 359 g/mol. The van der Waals surface area contributed by atoms with Gasteiger partial charge in [0.25, 0.3) is 11.5 Å². The molecule has 1 amide bonds. The summed E-state index contributed by atoms with van der Waals surface area (Å²) < 4.78 is 1.27. The number of aromatic nitrogens is 2. The second-order valence-electron chi connectivity index (χ2n) is 5.65. The van der Waals surface area contributed by atoms with Crippen molar-refractivity contribution < 1.29 is 6.22 Å². The maximum absolute atomic E-state index is 13.2. The second-order valence-corrected chi connectivity index (χ2v) is 6.88. The van der Waals surface area contributed by atoms with Crippen LogP contribution in [-0.2, 0) is 4.79 Å². The minimum atomic E-state index is -0.816. The van der Waals surface area contributed by atoms with E-state index in [9.17, 15) is 9.59 Å². The number of nitrogens with zero attached hydrogens (tertiary/aromatic N) is 3. The van der Waals surface area contributed by atoms with Crippen LogP contribution in [0.15, 0.2) is 41.5 Å². The van der Waals surface area contributed by atoms with Gasteiger partial charge < -0.3 is 16.0 Å². The molecule has 2 heterocycles. The zero-order chi connectivity index (χ0) is 17.8. The summed E-state index contributed by atoms with van der Waals surface area (Å²) in [5.74, 6) is 1.61. The molecule has 2 aromatic rings. The van der Waals surface area contributed by atoms with Crippen LogP contribution < -0.4 is 11.3 Å². The first-order valence-corrected chi connectivity index (χ1v) is 9.07. The van der Waals surface area contributed by atoms with Crippen LogP contribution in [0, 0.1) is 5.41 Å². The Labute approximate surface area is 150 Å². The number of nitrogens with one attached hydrogen (secondary N) is 1. The van der Waals surface area contributed by atoms with Gasteiger partial charge in [-0.1, -0.05) is 30.3 Å². The molecule has 8 heteroatoms. The molecule has 0 bridgehead atoms. The zero-order valence-corrected chi connectivity index (χ0v) is 14.4. The Hall–Kier alpha value is -2.61. The molecule has 132 valence electrons. The molecular formula is C17H21N5O2S. The second kappa shape index (κ2) is 7.52. The standard InChI is InChI=1S/C17H19N5O2S.H2/c18-10-13-15(19)20-11-22(16(13)23)14(12-4-2-1-3-5-12)17(24)21-6-8-25-9-7-21;/h1-5,10-11,14,18H,6-9,19H2;1H. The van der Waals surface area contributed by atoms with Crippen molar-refractivity contribution in [1.29, 1.82) is 5.41 Å². The Morgan fingerprint density at radius 3 is 2.64 bits per heavy atom. The van der Waals surface area contributed by atoms with E-state index in [-0.39, 0.29) is 18.7 Å². The Morgan fingerprint density at radius 2 is 2.00 bits per heavy atom. The number of anilines is 1. The molecule has 1 fully saturated rings. The molecule has 1 unspecified atom stereocenters. The fourth-order valence-corrected chi connectivity index (χ4v) is 3.73. The Kier molecular flexibility index (Phi) is 5.18. The highest BCUT2D eigenvalue weighted by Gasteiger charge is 2.30. The summed E-state index contributed by atoms with van der Waals surface area (Å²) >= 11 is 1.81. The van der Waals surface area contributed by atoms with Gasteiger partial charge in [-0.3, -0.25) is 14.2 Å². The van der Waals surface area contributed by atoms with Gasteiger partial charge in [0.2, 0.25) is 0 Å². The maximum Gasteiger partial charge on any atom is 0.265 e. The fraction of sp³-hybridized carbons (Fsp3) is 0.294. The molecule has 0 spiro atoms. The maximum atomic E-state index is 13.2. The van der Waals surface area contributed by atoms with E-state index < -0.39 is 11.6 Å². The van der Waals surface area contributed by atoms with Crippen LogP contribution in [-0.4, -0.2) is 51.2 Å². The highest BCUT2D eigenvalue weighted by molar-refractivity contribution is 7.99. The van der Waals surface area contributed by atoms with E-state index in [0.29, 0.717) is 18.7 Å². The van der Waals surface area contributed by atoms with Gasteiger partial charge in [-0.25, -0.2) is 4.98 Å². The third kappa shape index (κ3) is 3.43. The largest absolute Gasteiger partial charge is 0.383 e. The van der Waals surface area contributed by atoms with Crippen molar-refractivity contribution in [2.45, 2.75) is 6.04 Å². The van der Waals surface area contributed by atoms with Crippen molar-refractivity contribution in [2.75, 3.05) is 30.3 Å². The molecule has 1 aromatic heterocycles. The lowest BCUT2D eigenvalue weighted by Gasteiger charge is -2.31. The van der Waals surface area contributed by atoms with Gasteiger partial charge >= 0.3 is 0 Å². The molecule has 3 rings (SSSR count). The van der Waals surface area contributed by atoms with Gasteiger partial charge in [0, 0.05) is 32.2 Å². The van der Waals surface area contributed by atoms with Crippen molar-refractivity contribution in [1.82, 2.24) is 14.5 Å². The summed E-state index contributed by atoms with van der Waals surface area (Å²) in [6.45, 7) is 1.31. The van der Waals surface area contributed by atoms with Crippen molar-refractivity contribution in [3.8, 4) is 0 Å². The van der Waals surface area contributed by atoms with Crippen molar-refractivity contribution in [3.05, 3.63) is 58.1 Å². The number of hydrogen-bond donors (Lipinski definition) is 2. The Morgan fingerprint density at radius 1 is 1.32 bits per heavy atom. The van der Waals surface area contributed by atoms with Gasteiger partial charge in [0.05, 0.1) is 5.56 Å². The van der Waals surface area contributed by atoms with Crippen LogP contribution in [0.1, 0.15) is 18.6 Å². The number of carbonyl (C=O) groups is 1. The molecule has 1 aliphatic rings. The van der Waals surface area contributed by atoms with Crippen LogP contribution in [0.5, 0.6) is 0 Å². The summed E-state index contributed by atoms with van der Waals surface area (Å²) in [4.78, 5) is 31.7. The first kappa shape index (κ1) is 17.2. The molecule has 3 N–H and O–H groups in total. The molecule has 0 radical (unpaired) electrons. The summed E-state index contributed by atoms with van der Waals surface area (Å²) in [7, 11) is 0. The summed E-state index contributed by atoms with van der Waals surface area (Å²) in [6.07, 6.45) is 2.17. The lowest BCUT2D eigenvalue weighted by Crippen LogP contribution is -2.45. The summed E-state index contributed by atoms with van der Waals surface area (Å²) in [6, 6.07) is 8.32. The van der Waals surface area contributed by atoms with E-state index in [1.807, 2.05) is 42.1 Å². The van der Waals surface area contributed by atoms with Crippen molar-refractivity contribution in [2.24, 2.45) is 0 Å². The van der Waals surface area contributed by atoms with E-state index in [0.717, 1.165) is 17.7 Å². The number of amides is 1. The molecular weight excluding hydrogens is 338 g/mol. The lowest BCUT2D eigenvalue weighted by molar-refractivity contribution is -0.133. The van der Waals surface area contributed by atoms with Crippen molar-refractivity contribution >= 4 is 29.7 Å². The molecule has 1 aliphatic heterocycles. The fourth-order valence-electron chi connectivity index (χ4n) is 2.83. The Balaban J connectivity index is 0.00000243. The topological polar surface area (TPSA) is 105 Å². The van der Waals surface area contributed by atoms with E-state index in [4.69, 9.17) is 11.1 Å². The number of hydrogen-bond acceptors (Lipinski definition) is 6. The van der Waals surface area contributed by atoms with E-state index in [1.54, 1.807) is 4.90 Å². The number of nitrogens with two attached hydrogens (primary N) is 1. The predicted octanol–water partition coefficient (Wildman–Crippen LogP) is 1.23. The molecule has 1 atom stereocenters. The zero-order valence-electron chi connectivity index (χ0n) is 13.6. The van der Waals surface area contributed by atoms with Gasteiger partial charge in [-0.2, -0.15) is 11.8 Å². The number of carbonyl (C=O) groups excluding carboxylic acids is 1. The minimum Gasteiger partial charge on any atom is -0.383 e. The smallest absolute Gasteiger partial charge is 0.265 e. The van der Waals surface area contributed by atoms with Crippen LogP contribution >= 0.6 is 11.8 Å². The normalized spacial score (nSPS) is 15.6. The van der Waals surface area contributed by atoms with Crippen LogP contribution in [0.25, 0.3) is 0 Å². The van der Waals surface area contributed by atoms with Crippen LogP contribution in [0.3, 0.4) is 0 Å². The van der Waals surface area contributed by atoms with Gasteiger partial charge in [-0.05, 0) is 5.56 Å². The van der Waals surface area contributed by atoms with Crippen molar-refractivity contribution in [3.63, 3.8) is 0 Å². The van der Waals surface area contributed by atoms with E-state index in [2.05, 4.69) is 4.98 Å². The number of rotatable bonds is 4. The SMILES string of the molecule is N=Cc1c(N)ncn(C(C(=O)N2CCSCC2)c2ccccc2)c1=O.[HH]. The van der Waals surface area contributed by atoms with Gasteiger partial charge in [-0.15, -0.1) is 0 Å². The molecule has 7 nitrogen and oxygen atoms in total. The molecule has 25 heavy (non-hydrogen) atoms. The summed E-state index contributed by atoms with van der Waals surface area (Å²) in [5, 5.41) is 7.41. The van der Waals surface area contributed by atoms with Crippen LogP contribution in [0.2, 0.25) is 0 Å². The quantitative estimate of drug-likeness (QED) is 0.799. The Bertz CT molecular complexity index is 837. The molecule has 0 aliphatic carbocycles. The molecule has 1 aromatic carbocycles. The highest BCUT2D eigenvalue weighted by atomic mass is 32.2. The number of thioether (sulfide) groups is 1. The average Bonchev–Trinajstić information content (AvgIpc) is 2.65. The first-order chi connectivity index (χ1) is 12.1. The van der Waals surface area contributed by atoms with E-state index in [1.165, 1.54) is 10.9 Å². The van der Waals surface area contributed by atoms with E-state index >= 15 is 0 Å². The summed E-state index contributed by atoms with van der Waals surface area (Å²) in [5.41, 5.74) is 5.89. The third-order valence-corrected chi connectivity index (χ3v) is 5.10. The average molecular weight is 359 g/mol. The lowest BCUT2D eigenvalue weighted by atomic mass is 10.0. The minimum absolute atomic E-state index is 0. The molecule has 1 saturated heterocycles. The molecule has 0 saturated carbocycles. The predicted molar refractivity (Wildman–Crippen MR) is 101 cm³/mol. The van der Waals surface area contributed by atoms with Crippen LogP contribution in [0.4, 0.5) is 5.82 Å².